The molecule has 2 atom stereocenters. The summed E-state index contributed by atoms with van der Waals surface area (Å²) in [6.07, 6.45) is 1.06. The lowest BCUT2D eigenvalue weighted by Gasteiger charge is -2.42. The van der Waals surface area contributed by atoms with Gasteiger partial charge < -0.3 is 19.4 Å². The van der Waals surface area contributed by atoms with Crippen LogP contribution >= 0.6 is 0 Å². The van der Waals surface area contributed by atoms with Crippen LogP contribution in [0.5, 0.6) is 0 Å². The summed E-state index contributed by atoms with van der Waals surface area (Å²) in [6, 6.07) is 8.32. The largest absolute Gasteiger partial charge is 0.383 e. The third-order valence-corrected chi connectivity index (χ3v) is 5.64. The molecule has 26 heavy (non-hydrogen) atoms. The van der Waals surface area contributed by atoms with Gasteiger partial charge in [0.05, 0.1) is 18.6 Å². The molecule has 2 amide bonds. The number of benzene rings is 1. The number of anilines is 1. The molecule has 0 aromatic heterocycles. The first-order valence-corrected chi connectivity index (χ1v) is 9.36. The van der Waals surface area contributed by atoms with Crippen molar-refractivity contribution in [1.82, 2.24) is 9.80 Å². The summed E-state index contributed by atoms with van der Waals surface area (Å²) in [7, 11) is 3.40. The maximum absolute atomic E-state index is 13.1. The predicted octanol–water partition coefficient (Wildman–Crippen LogP) is 1.53. The van der Waals surface area contributed by atoms with Gasteiger partial charge in [-0.2, -0.15) is 0 Å². The van der Waals surface area contributed by atoms with Gasteiger partial charge in [-0.25, -0.2) is 0 Å². The summed E-state index contributed by atoms with van der Waals surface area (Å²) in [6.45, 7) is 5.63. The normalized spacial score (nSPS) is 24.1. The Bertz CT molecular complexity index is 655. The summed E-state index contributed by atoms with van der Waals surface area (Å²) in [4.78, 5) is 31.1. The van der Waals surface area contributed by atoms with Gasteiger partial charge in [0, 0.05) is 52.4 Å². The molecule has 0 aliphatic carbocycles. The SMILES string of the molecule is COCC1C(C(=O)N2CCN(c3cccc(C)c3)CC2)CCC(=O)N1C. The van der Waals surface area contributed by atoms with Crippen molar-refractivity contribution in [1.29, 1.82) is 0 Å². The maximum Gasteiger partial charge on any atom is 0.227 e. The van der Waals surface area contributed by atoms with E-state index in [1.54, 1.807) is 19.1 Å². The van der Waals surface area contributed by atoms with E-state index in [1.165, 1.54) is 11.3 Å². The zero-order valence-electron chi connectivity index (χ0n) is 16.0. The molecule has 0 saturated carbocycles. The number of ether oxygens (including phenoxy) is 1. The Hall–Kier alpha value is -2.08. The van der Waals surface area contributed by atoms with Gasteiger partial charge in [-0.05, 0) is 31.0 Å². The first-order valence-electron chi connectivity index (χ1n) is 9.36. The minimum Gasteiger partial charge on any atom is -0.383 e. The Morgan fingerprint density at radius 3 is 2.62 bits per heavy atom. The Morgan fingerprint density at radius 1 is 1.23 bits per heavy atom. The van der Waals surface area contributed by atoms with Crippen LogP contribution in [0.4, 0.5) is 5.69 Å². The molecule has 2 fully saturated rings. The van der Waals surface area contributed by atoms with Crippen LogP contribution in [0.25, 0.3) is 0 Å². The summed E-state index contributed by atoms with van der Waals surface area (Å²) >= 11 is 0. The van der Waals surface area contributed by atoms with Crippen LogP contribution in [0.15, 0.2) is 24.3 Å². The second-order valence-corrected chi connectivity index (χ2v) is 7.32. The molecule has 0 N–H and O–H groups in total. The molecule has 6 heteroatoms. The van der Waals surface area contributed by atoms with Crippen molar-refractivity contribution < 1.29 is 14.3 Å². The molecule has 6 nitrogen and oxygen atoms in total. The zero-order valence-corrected chi connectivity index (χ0v) is 16.0. The molecule has 0 radical (unpaired) electrons. The quantitative estimate of drug-likeness (QED) is 0.818. The lowest BCUT2D eigenvalue weighted by Crippen LogP contribution is -2.57. The van der Waals surface area contributed by atoms with Crippen LogP contribution in [-0.4, -0.2) is 74.6 Å². The van der Waals surface area contributed by atoms with E-state index in [0.29, 0.717) is 19.4 Å². The summed E-state index contributed by atoms with van der Waals surface area (Å²) in [5.74, 6) is 0.0961. The number of carbonyl (C=O) groups is 2. The number of hydrogen-bond donors (Lipinski definition) is 0. The van der Waals surface area contributed by atoms with Crippen LogP contribution in [0.1, 0.15) is 18.4 Å². The number of piperidine rings is 1. The third-order valence-electron chi connectivity index (χ3n) is 5.64. The van der Waals surface area contributed by atoms with Crippen molar-refractivity contribution in [2.24, 2.45) is 5.92 Å². The number of amides is 2. The Kier molecular flexibility index (Phi) is 5.81. The molecule has 0 spiro atoms. The predicted molar refractivity (Wildman–Crippen MR) is 101 cm³/mol. The number of rotatable bonds is 4. The van der Waals surface area contributed by atoms with Crippen LogP contribution in [0, 0.1) is 12.8 Å². The fraction of sp³-hybridized carbons (Fsp3) is 0.600. The molecular weight excluding hydrogens is 330 g/mol. The topological polar surface area (TPSA) is 53.1 Å². The minimum absolute atomic E-state index is 0.0976. The third kappa shape index (κ3) is 3.85. The highest BCUT2D eigenvalue weighted by molar-refractivity contribution is 5.84. The summed E-state index contributed by atoms with van der Waals surface area (Å²) in [5, 5.41) is 0. The molecule has 0 bridgehead atoms. The molecule has 142 valence electrons. The lowest BCUT2D eigenvalue weighted by molar-refractivity contribution is -0.148. The van der Waals surface area contributed by atoms with Crippen molar-refractivity contribution in [3.05, 3.63) is 29.8 Å². The van der Waals surface area contributed by atoms with E-state index < -0.39 is 0 Å². The molecular formula is C20H29N3O3. The second-order valence-electron chi connectivity index (χ2n) is 7.32. The van der Waals surface area contributed by atoms with Crippen LogP contribution in [0.2, 0.25) is 0 Å². The molecule has 1 aromatic rings. The Labute approximate surface area is 155 Å². The molecule has 2 unspecified atom stereocenters. The zero-order chi connectivity index (χ0) is 18.7. The lowest BCUT2D eigenvalue weighted by atomic mass is 9.88. The summed E-state index contributed by atoms with van der Waals surface area (Å²) in [5.41, 5.74) is 2.47. The van der Waals surface area contributed by atoms with Gasteiger partial charge in [0.25, 0.3) is 0 Å². The number of likely N-dealkylation sites (tertiary alicyclic amines) is 1. The smallest absolute Gasteiger partial charge is 0.227 e. The van der Waals surface area contributed by atoms with E-state index in [4.69, 9.17) is 4.74 Å². The van der Waals surface area contributed by atoms with Gasteiger partial charge in [0.2, 0.25) is 11.8 Å². The van der Waals surface area contributed by atoms with Gasteiger partial charge >= 0.3 is 0 Å². The average molecular weight is 359 g/mol. The number of methoxy groups -OCH3 is 1. The van der Waals surface area contributed by atoms with Gasteiger partial charge in [0.15, 0.2) is 0 Å². The number of aryl methyl sites for hydroxylation is 1. The van der Waals surface area contributed by atoms with Crippen molar-refractivity contribution in [2.45, 2.75) is 25.8 Å². The van der Waals surface area contributed by atoms with Gasteiger partial charge in [-0.3, -0.25) is 9.59 Å². The van der Waals surface area contributed by atoms with Crippen molar-refractivity contribution in [3.8, 4) is 0 Å². The highest BCUT2D eigenvalue weighted by atomic mass is 16.5. The molecule has 2 aliphatic heterocycles. The van der Waals surface area contributed by atoms with Crippen LogP contribution < -0.4 is 4.90 Å². The Balaban J connectivity index is 1.63. The first kappa shape index (κ1) is 18.7. The minimum atomic E-state index is -0.164. The van der Waals surface area contributed by atoms with E-state index in [0.717, 1.165) is 26.2 Å². The van der Waals surface area contributed by atoms with Crippen molar-refractivity contribution in [2.75, 3.05) is 51.8 Å². The molecule has 2 heterocycles. The van der Waals surface area contributed by atoms with Gasteiger partial charge in [-0.15, -0.1) is 0 Å². The number of nitrogens with zero attached hydrogens (tertiary/aromatic N) is 3. The molecule has 2 saturated heterocycles. The summed E-state index contributed by atoms with van der Waals surface area (Å²) < 4.78 is 5.28. The number of likely N-dealkylation sites (N-methyl/N-ethyl adjacent to an activating group) is 1. The van der Waals surface area contributed by atoms with Crippen LogP contribution in [-0.2, 0) is 14.3 Å². The van der Waals surface area contributed by atoms with Gasteiger partial charge in [-0.1, -0.05) is 12.1 Å². The van der Waals surface area contributed by atoms with Crippen LogP contribution in [0.3, 0.4) is 0 Å². The molecule has 2 aliphatic rings. The molecule has 1 aromatic carbocycles. The van der Waals surface area contributed by atoms with Crippen molar-refractivity contribution in [3.63, 3.8) is 0 Å². The number of hydrogen-bond acceptors (Lipinski definition) is 4. The second kappa shape index (κ2) is 8.08. The number of carbonyl (C=O) groups excluding carboxylic acids is 2. The standard InChI is InChI=1S/C20H29N3O3/c1-15-5-4-6-16(13-15)22-9-11-23(12-10-22)20(25)17-7-8-19(24)21(2)18(17)14-26-3/h4-6,13,17-18H,7-12,14H2,1-3H3. The van der Waals surface area contributed by atoms with E-state index in [-0.39, 0.29) is 23.8 Å². The van der Waals surface area contributed by atoms with E-state index in [9.17, 15) is 9.59 Å². The average Bonchev–Trinajstić information content (AvgIpc) is 2.65. The Morgan fingerprint density at radius 2 is 1.96 bits per heavy atom. The fourth-order valence-corrected chi connectivity index (χ4v) is 4.03. The van der Waals surface area contributed by atoms with E-state index >= 15 is 0 Å². The number of piperazine rings is 1. The van der Waals surface area contributed by atoms with E-state index in [2.05, 4.69) is 36.1 Å². The molecule has 3 rings (SSSR count). The monoisotopic (exact) mass is 359 g/mol. The van der Waals surface area contributed by atoms with Crippen molar-refractivity contribution >= 4 is 17.5 Å². The maximum atomic E-state index is 13.1. The first-order chi connectivity index (χ1) is 12.5. The van der Waals surface area contributed by atoms with E-state index in [1.807, 2.05) is 4.90 Å². The highest BCUT2D eigenvalue weighted by Gasteiger charge is 2.40. The highest BCUT2D eigenvalue weighted by Crippen LogP contribution is 2.27. The fourth-order valence-electron chi connectivity index (χ4n) is 4.03. The van der Waals surface area contributed by atoms with Gasteiger partial charge in [0.1, 0.15) is 0 Å².